The third-order valence-corrected chi connectivity index (χ3v) is 5.13. The Morgan fingerprint density at radius 2 is 1.81 bits per heavy atom. The van der Waals surface area contributed by atoms with Gasteiger partial charge in [0.05, 0.1) is 22.4 Å². The van der Waals surface area contributed by atoms with E-state index in [0.29, 0.717) is 22.9 Å². The number of ether oxygens (including phenoxy) is 1. The maximum Gasteiger partial charge on any atom is 0.338 e. The molecule has 0 radical (unpaired) electrons. The fraction of sp³-hybridized carbons (Fsp3) is 0.286. The van der Waals surface area contributed by atoms with Crippen molar-refractivity contribution in [2.45, 2.75) is 33.1 Å². The summed E-state index contributed by atoms with van der Waals surface area (Å²) in [5.74, 6) is -0.531. The molecule has 27 heavy (non-hydrogen) atoms. The summed E-state index contributed by atoms with van der Waals surface area (Å²) < 4.78 is 6.07. The molecule has 0 saturated heterocycles. The summed E-state index contributed by atoms with van der Waals surface area (Å²) in [6, 6.07) is 12.7. The van der Waals surface area contributed by atoms with Crippen molar-refractivity contribution in [2.24, 2.45) is 0 Å². The van der Waals surface area contributed by atoms with Crippen molar-refractivity contribution >= 4 is 38.6 Å². The number of amides is 1. The number of hydrogen-bond donors (Lipinski definition) is 1. The first-order valence-corrected chi connectivity index (χ1v) is 9.90. The second kappa shape index (κ2) is 8.77. The van der Waals surface area contributed by atoms with Gasteiger partial charge in [-0.05, 0) is 48.7 Å². The second-order valence-corrected chi connectivity index (χ2v) is 7.23. The predicted molar refractivity (Wildman–Crippen MR) is 109 cm³/mol. The van der Waals surface area contributed by atoms with Crippen LogP contribution in [0.5, 0.6) is 0 Å². The number of aromatic nitrogens is 1. The first-order chi connectivity index (χ1) is 13.1. The van der Waals surface area contributed by atoms with E-state index in [-0.39, 0.29) is 11.9 Å². The predicted octanol–water partition coefficient (Wildman–Crippen LogP) is 5.07. The minimum atomic E-state index is -0.333. The molecule has 0 unspecified atom stereocenters. The minimum Gasteiger partial charge on any atom is -0.462 e. The van der Waals surface area contributed by atoms with E-state index in [9.17, 15) is 9.59 Å². The topological polar surface area (TPSA) is 68.3 Å². The number of carbonyl (C=O) groups excluding carboxylic acids is 2. The van der Waals surface area contributed by atoms with Crippen LogP contribution in [0.4, 0.5) is 5.13 Å². The van der Waals surface area contributed by atoms with E-state index >= 15 is 0 Å². The van der Waals surface area contributed by atoms with Gasteiger partial charge in [0.15, 0.2) is 5.13 Å². The smallest absolute Gasteiger partial charge is 0.338 e. The van der Waals surface area contributed by atoms with Crippen molar-refractivity contribution in [1.29, 1.82) is 0 Å². The second-order valence-electron chi connectivity index (χ2n) is 6.20. The number of anilines is 1. The highest BCUT2D eigenvalue weighted by Crippen LogP contribution is 2.27. The van der Waals surface area contributed by atoms with Gasteiger partial charge in [0.1, 0.15) is 0 Å². The van der Waals surface area contributed by atoms with Crippen LogP contribution in [0.2, 0.25) is 0 Å². The fourth-order valence-electron chi connectivity index (χ4n) is 2.56. The van der Waals surface area contributed by atoms with Crippen LogP contribution in [0.25, 0.3) is 10.2 Å². The molecule has 0 atom stereocenters. The van der Waals surface area contributed by atoms with Crippen LogP contribution in [0.15, 0.2) is 42.5 Å². The zero-order chi connectivity index (χ0) is 19.2. The molecule has 1 heterocycles. The molecule has 0 aliphatic heterocycles. The molecule has 2 aromatic carbocycles. The molecule has 1 N–H and O–H groups in total. The number of unbranched alkanes of at least 4 members (excludes halogenated alkanes) is 1. The molecule has 140 valence electrons. The summed E-state index contributed by atoms with van der Waals surface area (Å²) in [4.78, 5) is 28.9. The largest absolute Gasteiger partial charge is 0.462 e. The van der Waals surface area contributed by atoms with Crippen LogP contribution in [-0.2, 0) is 11.2 Å². The Bertz CT molecular complexity index is 948. The van der Waals surface area contributed by atoms with Gasteiger partial charge in [-0.2, -0.15) is 0 Å². The zero-order valence-corrected chi connectivity index (χ0v) is 16.3. The molecule has 1 amide bonds. The number of carbonyl (C=O) groups is 2. The zero-order valence-electron chi connectivity index (χ0n) is 15.5. The number of benzene rings is 2. The van der Waals surface area contributed by atoms with Crippen LogP contribution in [0, 0.1) is 0 Å². The Labute approximate surface area is 162 Å². The van der Waals surface area contributed by atoms with Crippen molar-refractivity contribution in [2.75, 3.05) is 11.9 Å². The summed E-state index contributed by atoms with van der Waals surface area (Å²) >= 11 is 1.34. The number of fused-ring (bicyclic) bond motifs is 1. The molecule has 0 saturated carbocycles. The third-order valence-electron chi connectivity index (χ3n) is 4.20. The van der Waals surface area contributed by atoms with Crippen molar-refractivity contribution < 1.29 is 14.3 Å². The number of esters is 1. The van der Waals surface area contributed by atoms with Gasteiger partial charge in [0, 0.05) is 5.56 Å². The van der Waals surface area contributed by atoms with E-state index in [0.717, 1.165) is 29.5 Å². The number of thiazole rings is 1. The van der Waals surface area contributed by atoms with Gasteiger partial charge in [0.2, 0.25) is 0 Å². The number of hydrogen-bond acceptors (Lipinski definition) is 5. The van der Waals surface area contributed by atoms with E-state index < -0.39 is 0 Å². The first-order valence-electron chi connectivity index (χ1n) is 9.08. The quantitative estimate of drug-likeness (QED) is 0.458. The van der Waals surface area contributed by atoms with Gasteiger partial charge in [-0.25, -0.2) is 9.78 Å². The first kappa shape index (κ1) is 19.0. The molecule has 1 aromatic heterocycles. The van der Waals surface area contributed by atoms with Crippen molar-refractivity contribution in [3.8, 4) is 0 Å². The van der Waals surface area contributed by atoms with E-state index in [2.05, 4.69) is 17.2 Å². The van der Waals surface area contributed by atoms with Gasteiger partial charge < -0.3 is 4.74 Å². The van der Waals surface area contributed by atoms with Crippen LogP contribution < -0.4 is 5.32 Å². The Kier molecular flexibility index (Phi) is 6.19. The van der Waals surface area contributed by atoms with E-state index in [1.165, 1.54) is 16.9 Å². The lowest BCUT2D eigenvalue weighted by molar-refractivity contribution is 0.0500. The van der Waals surface area contributed by atoms with Crippen LogP contribution in [0.3, 0.4) is 0 Å². The Morgan fingerprint density at radius 1 is 1.07 bits per heavy atom. The highest BCUT2D eigenvalue weighted by Gasteiger charge is 2.13. The molecule has 5 nitrogen and oxygen atoms in total. The molecule has 0 aliphatic carbocycles. The number of aryl methyl sites for hydroxylation is 1. The number of nitrogens with zero attached hydrogens (tertiary/aromatic N) is 1. The third kappa shape index (κ3) is 4.71. The monoisotopic (exact) mass is 382 g/mol. The number of rotatable bonds is 7. The molecular weight excluding hydrogens is 360 g/mol. The summed E-state index contributed by atoms with van der Waals surface area (Å²) in [6.07, 6.45) is 2.76. The van der Waals surface area contributed by atoms with E-state index in [4.69, 9.17) is 4.74 Å². The maximum absolute atomic E-state index is 12.4. The van der Waals surface area contributed by atoms with Crippen LogP contribution >= 0.6 is 11.3 Å². The summed E-state index contributed by atoms with van der Waals surface area (Å²) in [5.41, 5.74) is 3.01. The Morgan fingerprint density at radius 3 is 2.52 bits per heavy atom. The lowest BCUT2D eigenvalue weighted by Crippen LogP contribution is -2.11. The van der Waals surface area contributed by atoms with E-state index in [1.807, 2.05) is 31.2 Å². The van der Waals surface area contributed by atoms with Crippen molar-refractivity contribution in [3.05, 3.63) is 59.2 Å². The molecule has 0 aliphatic rings. The summed E-state index contributed by atoms with van der Waals surface area (Å²) in [7, 11) is 0. The SMILES string of the molecule is CCCCOC(=O)c1ccc2nc(NC(=O)c3ccc(CC)cc3)sc2c1. The summed E-state index contributed by atoms with van der Waals surface area (Å²) in [5, 5.41) is 3.33. The highest BCUT2D eigenvalue weighted by molar-refractivity contribution is 7.22. The molecule has 3 aromatic rings. The van der Waals surface area contributed by atoms with Gasteiger partial charge in [-0.3, -0.25) is 10.1 Å². The Balaban J connectivity index is 1.72. The van der Waals surface area contributed by atoms with Gasteiger partial charge in [0.25, 0.3) is 5.91 Å². The lowest BCUT2D eigenvalue weighted by atomic mass is 10.1. The molecule has 6 heteroatoms. The van der Waals surface area contributed by atoms with Crippen LogP contribution in [0.1, 0.15) is 53.0 Å². The standard InChI is InChI=1S/C21H22N2O3S/c1-3-5-12-26-20(25)16-10-11-17-18(13-16)27-21(22-17)23-19(24)15-8-6-14(4-2)7-9-15/h6-11,13H,3-5,12H2,1-2H3,(H,22,23,24). The molecule has 0 bridgehead atoms. The fourth-order valence-corrected chi connectivity index (χ4v) is 3.46. The molecule has 0 fully saturated rings. The maximum atomic E-state index is 12.4. The summed E-state index contributed by atoms with van der Waals surface area (Å²) in [6.45, 7) is 4.55. The van der Waals surface area contributed by atoms with Crippen LogP contribution in [-0.4, -0.2) is 23.5 Å². The molecule has 0 spiro atoms. The highest BCUT2D eigenvalue weighted by atomic mass is 32.1. The average molecular weight is 382 g/mol. The lowest BCUT2D eigenvalue weighted by Gasteiger charge is -2.03. The molecular formula is C21H22N2O3S. The van der Waals surface area contributed by atoms with Gasteiger partial charge in [-0.1, -0.05) is 43.7 Å². The minimum absolute atomic E-state index is 0.198. The van der Waals surface area contributed by atoms with Gasteiger partial charge >= 0.3 is 5.97 Å². The molecule has 3 rings (SSSR count). The van der Waals surface area contributed by atoms with Crippen molar-refractivity contribution in [3.63, 3.8) is 0 Å². The number of nitrogens with one attached hydrogen (secondary N) is 1. The van der Waals surface area contributed by atoms with Crippen molar-refractivity contribution in [1.82, 2.24) is 4.98 Å². The van der Waals surface area contributed by atoms with E-state index in [1.54, 1.807) is 18.2 Å². The normalized spacial score (nSPS) is 10.7. The average Bonchev–Trinajstić information content (AvgIpc) is 3.09. The Hall–Kier alpha value is -2.73. The van der Waals surface area contributed by atoms with Gasteiger partial charge in [-0.15, -0.1) is 0 Å².